The summed E-state index contributed by atoms with van der Waals surface area (Å²) in [4.78, 5) is 8.20. The molecule has 0 atom stereocenters. The number of nitrogen functional groups attached to an aromatic ring is 1. The molecule has 5 nitrogen and oxygen atoms in total. The number of hydrogen-bond donors (Lipinski definition) is 3. The van der Waals surface area contributed by atoms with Crippen LogP contribution in [0.5, 0.6) is 5.75 Å². The summed E-state index contributed by atoms with van der Waals surface area (Å²) in [5.74, 6) is 1.62. The first-order valence-electron chi connectivity index (χ1n) is 6.32. The number of aromatic hydroxyl groups is 1. The van der Waals surface area contributed by atoms with E-state index in [1.165, 1.54) is 6.33 Å². The summed E-state index contributed by atoms with van der Waals surface area (Å²) in [7, 11) is 0. The molecule has 0 amide bonds. The highest BCUT2D eigenvalue weighted by atomic mass is 16.3. The molecule has 0 saturated carbocycles. The van der Waals surface area contributed by atoms with E-state index in [0.717, 1.165) is 36.3 Å². The van der Waals surface area contributed by atoms with Crippen LogP contribution in [-0.4, -0.2) is 21.6 Å². The average Bonchev–Trinajstić information content (AvgIpc) is 2.41. The highest BCUT2D eigenvalue weighted by Gasteiger charge is 2.06. The van der Waals surface area contributed by atoms with Crippen molar-refractivity contribution in [3.8, 4) is 5.75 Å². The lowest BCUT2D eigenvalue weighted by atomic mass is 10.1. The van der Waals surface area contributed by atoms with E-state index in [1.54, 1.807) is 12.1 Å². The van der Waals surface area contributed by atoms with E-state index in [-0.39, 0.29) is 5.75 Å². The van der Waals surface area contributed by atoms with Crippen molar-refractivity contribution in [3.63, 3.8) is 0 Å². The monoisotopic (exact) mass is 258 g/mol. The minimum absolute atomic E-state index is 0.286. The number of phenolic OH excluding ortho intramolecular Hbond substituents is 1. The SMILES string of the molecule is CCc1c(N)ncnc1NCCc1ccc(O)cc1. The van der Waals surface area contributed by atoms with E-state index in [4.69, 9.17) is 5.73 Å². The number of nitrogens with one attached hydrogen (secondary N) is 1. The topological polar surface area (TPSA) is 84.1 Å². The minimum Gasteiger partial charge on any atom is -0.508 e. The van der Waals surface area contributed by atoms with E-state index in [9.17, 15) is 5.11 Å². The van der Waals surface area contributed by atoms with Crippen LogP contribution in [0.25, 0.3) is 0 Å². The third-order valence-electron chi connectivity index (χ3n) is 2.97. The molecule has 2 aromatic rings. The third-order valence-corrected chi connectivity index (χ3v) is 2.97. The zero-order chi connectivity index (χ0) is 13.7. The van der Waals surface area contributed by atoms with Crippen LogP contribution in [0.3, 0.4) is 0 Å². The molecule has 100 valence electrons. The molecular formula is C14H18N4O. The fraction of sp³-hybridized carbons (Fsp3) is 0.286. The molecule has 0 aliphatic carbocycles. The normalized spacial score (nSPS) is 10.4. The van der Waals surface area contributed by atoms with Crippen LogP contribution in [0, 0.1) is 0 Å². The van der Waals surface area contributed by atoms with Gasteiger partial charge < -0.3 is 16.2 Å². The van der Waals surface area contributed by atoms with Crippen molar-refractivity contribution >= 4 is 11.6 Å². The summed E-state index contributed by atoms with van der Waals surface area (Å²) in [6, 6.07) is 7.20. The molecule has 5 heteroatoms. The fourth-order valence-corrected chi connectivity index (χ4v) is 1.91. The van der Waals surface area contributed by atoms with Crippen molar-refractivity contribution in [2.45, 2.75) is 19.8 Å². The molecular weight excluding hydrogens is 240 g/mol. The lowest BCUT2D eigenvalue weighted by Gasteiger charge is -2.11. The Morgan fingerprint density at radius 1 is 1.21 bits per heavy atom. The number of rotatable bonds is 5. The molecule has 1 aromatic heterocycles. The Bertz CT molecular complexity index is 540. The first kappa shape index (κ1) is 13.1. The van der Waals surface area contributed by atoms with Gasteiger partial charge in [-0.2, -0.15) is 0 Å². The van der Waals surface area contributed by atoms with Gasteiger partial charge in [-0.25, -0.2) is 9.97 Å². The summed E-state index contributed by atoms with van der Waals surface area (Å²) < 4.78 is 0. The first-order valence-corrected chi connectivity index (χ1v) is 6.32. The Balaban J connectivity index is 1.96. The van der Waals surface area contributed by atoms with Gasteiger partial charge in [-0.15, -0.1) is 0 Å². The summed E-state index contributed by atoms with van der Waals surface area (Å²) in [5, 5.41) is 12.5. The van der Waals surface area contributed by atoms with E-state index in [2.05, 4.69) is 15.3 Å². The van der Waals surface area contributed by atoms with Crippen LogP contribution in [0.2, 0.25) is 0 Å². The molecule has 0 bridgehead atoms. The quantitative estimate of drug-likeness (QED) is 0.763. The number of phenols is 1. The second-order valence-electron chi connectivity index (χ2n) is 4.28. The predicted molar refractivity (Wildman–Crippen MR) is 76.1 cm³/mol. The maximum absolute atomic E-state index is 9.21. The highest BCUT2D eigenvalue weighted by Crippen LogP contribution is 2.17. The lowest BCUT2D eigenvalue weighted by Crippen LogP contribution is -2.10. The molecule has 2 rings (SSSR count). The molecule has 1 aromatic carbocycles. The van der Waals surface area contributed by atoms with Crippen LogP contribution in [0.4, 0.5) is 11.6 Å². The van der Waals surface area contributed by atoms with Gasteiger partial charge in [-0.05, 0) is 30.5 Å². The average molecular weight is 258 g/mol. The lowest BCUT2D eigenvalue weighted by molar-refractivity contribution is 0.475. The predicted octanol–water partition coefficient (Wildman–Crippen LogP) is 1.98. The van der Waals surface area contributed by atoms with Crippen LogP contribution in [0.15, 0.2) is 30.6 Å². The van der Waals surface area contributed by atoms with Gasteiger partial charge in [0.05, 0.1) is 0 Å². The van der Waals surface area contributed by atoms with E-state index in [0.29, 0.717) is 5.82 Å². The van der Waals surface area contributed by atoms with Crippen molar-refractivity contribution in [2.24, 2.45) is 0 Å². The second kappa shape index (κ2) is 6.04. The van der Waals surface area contributed by atoms with Crippen LogP contribution >= 0.6 is 0 Å². The van der Waals surface area contributed by atoms with E-state index in [1.807, 2.05) is 19.1 Å². The molecule has 4 N–H and O–H groups in total. The number of hydrogen-bond acceptors (Lipinski definition) is 5. The molecule has 19 heavy (non-hydrogen) atoms. The first-order chi connectivity index (χ1) is 9.20. The number of anilines is 2. The molecule has 0 aliphatic heterocycles. The zero-order valence-corrected chi connectivity index (χ0v) is 10.9. The molecule has 0 fully saturated rings. The van der Waals surface area contributed by atoms with Crippen molar-refractivity contribution in [3.05, 3.63) is 41.7 Å². The maximum atomic E-state index is 9.21. The van der Waals surface area contributed by atoms with Crippen molar-refractivity contribution in [2.75, 3.05) is 17.6 Å². The van der Waals surface area contributed by atoms with Crippen molar-refractivity contribution in [1.82, 2.24) is 9.97 Å². The second-order valence-corrected chi connectivity index (χ2v) is 4.28. The molecule has 1 heterocycles. The smallest absolute Gasteiger partial charge is 0.134 e. The van der Waals surface area contributed by atoms with Gasteiger partial charge in [0, 0.05) is 12.1 Å². The summed E-state index contributed by atoms with van der Waals surface area (Å²) >= 11 is 0. The van der Waals surface area contributed by atoms with Crippen LogP contribution < -0.4 is 11.1 Å². The summed E-state index contributed by atoms with van der Waals surface area (Å²) in [6.45, 7) is 2.79. The Morgan fingerprint density at radius 3 is 2.63 bits per heavy atom. The van der Waals surface area contributed by atoms with Gasteiger partial charge in [0.1, 0.15) is 23.7 Å². The van der Waals surface area contributed by atoms with E-state index < -0.39 is 0 Å². The standard InChI is InChI=1S/C14H18N4O/c1-2-12-13(15)17-9-18-14(12)16-8-7-10-3-5-11(19)6-4-10/h3-6,9,19H,2,7-8H2,1H3,(H3,15,16,17,18). The van der Waals surface area contributed by atoms with Gasteiger partial charge >= 0.3 is 0 Å². The van der Waals surface area contributed by atoms with Crippen molar-refractivity contribution < 1.29 is 5.11 Å². The molecule has 0 aliphatic rings. The van der Waals surface area contributed by atoms with E-state index >= 15 is 0 Å². The molecule has 0 spiro atoms. The molecule has 0 saturated heterocycles. The summed E-state index contributed by atoms with van der Waals surface area (Å²) in [5.41, 5.74) is 7.92. The third kappa shape index (κ3) is 3.34. The van der Waals surface area contributed by atoms with Crippen molar-refractivity contribution in [1.29, 1.82) is 0 Å². The van der Waals surface area contributed by atoms with Gasteiger partial charge in [-0.1, -0.05) is 19.1 Å². The fourth-order valence-electron chi connectivity index (χ4n) is 1.91. The highest BCUT2D eigenvalue weighted by molar-refractivity contribution is 5.54. The Kier molecular flexibility index (Phi) is 4.18. The van der Waals surface area contributed by atoms with Gasteiger partial charge in [0.25, 0.3) is 0 Å². The Hall–Kier alpha value is -2.30. The largest absolute Gasteiger partial charge is 0.508 e. The summed E-state index contributed by atoms with van der Waals surface area (Å²) in [6.07, 6.45) is 3.12. The van der Waals surface area contributed by atoms with Crippen LogP contribution in [-0.2, 0) is 12.8 Å². The maximum Gasteiger partial charge on any atom is 0.134 e. The zero-order valence-electron chi connectivity index (χ0n) is 10.9. The minimum atomic E-state index is 0.286. The number of benzene rings is 1. The number of nitrogens with zero attached hydrogens (tertiary/aromatic N) is 2. The van der Waals surface area contributed by atoms with Gasteiger partial charge in [-0.3, -0.25) is 0 Å². The number of aromatic nitrogens is 2. The molecule has 0 radical (unpaired) electrons. The Morgan fingerprint density at radius 2 is 1.95 bits per heavy atom. The van der Waals surface area contributed by atoms with Gasteiger partial charge in [0.15, 0.2) is 0 Å². The number of nitrogens with two attached hydrogens (primary N) is 1. The molecule has 0 unspecified atom stereocenters. The van der Waals surface area contributed by atoms with Crippen LogP contribution in [0.1, 0.15) is 18.1 Å². The van der Waals surface area contributed by atoms with Gasteiger partial charge in [0.2, 0.25) is 0 Å². The Labute approximate surface area is 112 Å².